The summed E-state index contributed by atoms with van der Waals surface area (Å²) in [7, 11) is 0. The first-order valence-electron chi connectivity index (χ1n) is 6.43. The van der Waals surface area contributed by atoms with Crippen molar-refractivity contribution in [3.8, 4) is 0 Å². The molecule has 2 aromatic heterocycles. The largest absolute Gasteiger partial charge is 0.349 e. The van der Waals surface area contributed by atoms with E-state index in [0.717, 1.165) is 17.3 Å². The van der Waals surface area contributed by atoms with Crippen molar-refractivity contribution in [2.24, 2.45) is 10.8 Å². The zero-order chi connectivity index (χ0) is 13.1. The summed E-state index contributed by atoms with van der Waals surface area (Å²) in [4.78, 5) is 4.53. The summed E-state index contributed by atoms with van der Waals surface area (Å²) >= 11 is 0. The van der Waals surface area contributed by atoms with Gasteiger partial charge >= 0.3 is 0 Å². The second-order valence-corrected chi connectivity index (χ2v) is 6.39. The molecule has 0 aliphatic heterocycles. The van der Waals surface area contributed by atoms with Crippen LogP contribution >= 0.6 is 0 Å². The Morgan fingerprint density at radius 1 is 1.17 bits per heavy atom. The van der Waals surface area contributed by atoms with Crippen LogP contribution < -0.4 is 5.32 Å². The lowest BCUT2D eigenvalue weighted by Crippen LogP contribution is -2.11. The SMILES string of the molecule is Cc1cccc2nc(NC3C(C)(C)C3(C)C)nn12. The van der Waals surface area contributed by atoms with Gasteiger partial charge in [0.2, 0.25) is 5.95 Å². The van der Waals surface area contributed by atoms with Crippen LogP contribution in [0.15, 0.2) is 18.2 Å². The minimum atomic E-state index is 0.291. The van der Waals surface area contributed by atoms with Crippen LogP contribution in [0.3, 0.4) is 0 Å². The molecule has 0 spiro atoms. The molecule has 1 aliphatic carbocycles. The first-order valence-corrected chi connectivity index (χ1v) is 6.43. The van der Waals surface area contributed by atoms with Gasteiger partial charge in [0.05, 0.1) is 0 Å². The van der Waals surface area contributed by atoms with E-state index in [1.807, 2.05) is 29.6 Å². The summed E-state index contributed by atoms with van der Waals surface area (Å²) in [6, 6.07) is 6.46. The standard InChI is InChI=1S/C14H20N4/c1-9-7-6-8-10-15-12(17-18(9)10)16-11-13(2,3)14(11,4)5/h6-8,11H,1-5H3,(H,16,17). The van der Waals surface area contributed by atoms with Crippen LogP contribution in [0, 0.1) is 17.8 Å². The van der Waals surface area contributed by atoms with Gasteiger partial charge in [0, 0.05) is 11.7 Å². The molecule has 0 aromatic carbocycles. The van der Waals surface area contributed by atoms with Gasteiger partial charge in [0.15, 0.2) is 5.65 Å². The minimum Gasteiger partial charge on any atom is -0.349 e. The smallest absolute Gasteiger partial charge is 0.243 e. The van der Waals surface area contributed by atoms with E-state index in [0.29, 0.717) is 16.9 Å². The van der Waals surface area contributed by atoms with E-state index in [1.165, 1.54) is 0 Å². The normalized spacial score (nSPS) is 21.2. The van der Waals surface area contributed by atoms with Crippen LogP contribution in [0.25, 0.3) is 5.65 Å². The lowest BCUT2D eigenvalue weighted by Gasteiger charge is -2.02. The van der Waals surface area contributed by atoms with Gasteiger partial charge in [0.25, 0.3) is 0 Å². The van der Waals surface area contributed by atoms with Crippen molar-refractivity contribution in [3.63, 3.8) is 0 Å². The van der Waals surface area contributed by atoms with E-state index in [2.05, 4.69) is 43.1 Å². The molecule has 4 nitrogen and oxygen atoms in total. The van der Waals surface area contributed by atoms with Gasteiger partial charge in [-0.25, -0.2) is 4.52 Å². The molecule has 1 aliphatic rings. The Morgan fingerprint density at radius 2 is 1.83 bits per heavy atom. The van der Waals surface area contributed by atoms with Crippen LogP contribution in [0.5, 0.6) is 0 Å². The van der Waals surface area contributed by atoms with E-state index in [9.17, 15) is 0 Å². The zero-order valence-electron chi connectivity index (χ0n) is 11.7. The third-order valence-corrected chi connectivity index (χ3v) is 4.84. The van der Waals surface area contributed by atoms with Gasteiger partial charge in [-0.3, -0.25) is 0 Å². The molecule has 18 heavy (non-hydrogen) atoms. The summed E-state index contributed by atoms with van der Waals surface area (Å²) in [5.74, 6) is 0.730. The predicted octanol–water partition coefficient (Wildman–Crippen LogP) is 2.88. The van der Waals surface area contributed by atoms with Gasteiger partial charge in [0.1, 0.15) is 0 Å². The predicted molar refractivity (Wildman–Crippen MR) is 72.7 cm³/mol. The number of pyridine rings is 1. The Bertz CT molecular complexity index is 595. The van der Waals surface area contributed by atoms with E-state index in [1.54, 1.807) is 0 Å². The molecule has 1 fully saturated rings. The van der Waals surface area contributed by atoms with Crippen molar-refractivity contribution in [3.05, 3.63) is 23.9 Å². The topological polar surface area (TPSA) is 42.2 Å². The maximum Gasteiger partial charge on any atom is 0.243 e. The van der Waals surface area contributed by atoms with E-state index in [4.69, 9.17) is 0 Å². The highest BCUT2D eigenvalue weighted by Gasteiger charge is 2.65. The molecular formula is C14H20N4. The molecule has 1 saturated carbocycles. The number of nitrogens with one attached hydrogen (secondary N) is 1. The second-order valence-electron chi connectivity index (χ2n) is 6.39. The molecule has 2 aromatic rings. The average Bonchev–Trinajstić information content (AvgIpc) is 2.67. The molecule has 3 rings (SSSR count). The summed E-state index contributed by atoms with van der Waals surface area (Å²) in [6.07, 6.45) is 0. The summed E-state index contributed by atoms with van der Waals surface area (Å²) in [5.41, 5.74) is 2.58. The minimum absolute atomic E-state index is 0.291. The highest BCUT2D eigenvalue weighted by Crippen LogP contribution is 2.63. The lowest BCUT2D eigenvalue weighted by atomic mass is 10.0. The monoisotopic (exact) mass is 244 g/mol. The molecule has 0 amide bonds. The molecular weight excluding hydrogens is 224 g/mol. The maximum absolute atomic E-state index is 4.53. The molecule has 0 saturated heterocycles. The van der Waals surface area contributed by atoms with Crippen LogP contribution in [-0.2, 0) is 0 Å². The fourth-order valence-electron chi connectivity index (χ4n) is 2.78. The van der Waals surface area contributed by atoms with Gasteiger partial charge in [-0.05, 0) is 29.9 Å². The number of aromatic nitrogens is 3. The quantitative estimate of drug-likeness (QED) is 0.883. The van der Waals surface area contributed by atoms with Gasteiger partial charge in [-0.15, -0.1) is 5.10 Å². The van der Waals surface area contributed by atoms with Crippen LogP contribution in [0.4, 0.5) is 5.95 Å². The number of hydrogen-bond acceptors (Lipinski definition) is 3. The molecule has 0 atom stereocenters. The van der Waals surface area contributed by atoms with Crippen molar-refractivity contribution in [1.29, 1.82) is 0 Å². The third kappa shape index (κ3) is 1.38. The average molecular weight is 244 g/mol. The first-order chi connectivity index (χ1) is 8.34. The fourth-order valence-corrected chi connectivity index (χ4v) is 2.78. The van der Waals surface area contributed by atoms with E-state index < -0.39 is 0 Å². The van der Waals surface area contributed by atoms with E-state index in [-0.39, 0.29) is 0 Å². The van der Waals surface area contributed by atoms with Gasteiger partial charge in [-0.1, -0.05) is 33.8 Å². The van der Waals surface area contributed by atoms with Crippen molar-refractivity contribution < 1.29 is 0 Å². The summed E-state index contributed by atoms with van der Waals surface area (Å²) in [5, 5.41) is 7.99. The number of rotatable bonds is 2. The highest BCUT2D eigenvalue weighted by molar-refractivity contribution is 5.46. The fraction of sp³-hybridized carbons (Fsp3) is 0.571. The van der Waals surface area contributed by atoms with Crippen LogP contribution in [0.2, 0.25) is 0 Å². The number of hydrogen-bond donors (Lipinski definition) is 1. The number of aryl methyl sites for hydroxylation is 1. The van der Waals surface area contributed by atoms with Gasteiger partial charge in [-0.2, -0.15) is 4.98 Å². The lowest BCUT2D eigenvalue weighted by molar-refractivity contribution is 0.457. The van der Waals surface area contributed by atoms with Crippen LogP contribution in [-0.4, -0.2) is 20.6 Å². The first kappa shape index (κ1) is 11.5. The van der Waals surface area contributed by atoms with Crippen LogP contribution in [0.1, 0.15) is 33.4 Å². The highest BCUT2D eigenvalue weighted by atomic mass is 15.4. The molecule has 96 valence electrons. The Kier molecular flexibility index (Phi) is 2.08. The summed E-state index contributed by atoms with van der Waals surface area (Å²) < 4.78 is 1.88. The molecule has 1 N–H and O–H groups in total. The number of fused-ring (bicyclic) bond motifs is 1. The van der Waals surface area contributed by atoms with Crippen molar-refractivity contribution in [1.82, 2.24) is 14.6 Å². The molecule has 2 heterocycles. The molecule has 0 bridgehead atoms. The van der Waals surface area contributed by atoms with Gasteiger partial charge < -0.3 is 5.32 Å². The number of anilines is 1. The Labute approximate surface area is 107 Å². The van der Waals surface area contributed by atoms with E-state index >= 15 is 0 Å². The maximum atomic E-state index is 4.53. The molecule has 4 heteroatoms. The van der Waals surface area contributed by atoms with Crippen molar-refractivity contribution in [2.75, 3.05) is 5.32 Å². The summed E-state index contributed by atoms with van der Waals surface area (Å²) in [6.45, 7) is 11.2. The second kappa shape index (κ2) is 3.25. The Balaban J connectivity index is 1.91. The number of nitrogens with zero attached hydrogens (tertiary/aromatic N) is 3. The zero-order valence-corrected chi connectivity index (χ0v) is 11.7. The molecule has 0 radical (unpaired) electrons. The Hall–Kier alpha value is -1.58. The third-order valence-electron chi connectivity index (χ3n) is 4.84. The Morgan fingerprint density at radius 3 is 2.39 bits per heavy atom. The molecule has 0 unspecified atom stereocenters. The van der Waals surface area contributed by atoms with Crippen molar-refractivity contribution in [2.45, 2.75) is 40.7 Å². The van der Waals surface area contributed by atoms with Crippen molar-refractivity contribution >= 4 is 11.6 Å².